The van der Waals surface area contributed by atoms with Gasteiger partial charge in [-0.05, 0) is 42.8 Å². The molecule has 1 N–H and O–H groups in total. The molecule has 0 bridgehead atoms. The second-order valence-corrected chi connectivity index (χ2v) is 7.13. The number of nitrogens with one attached hydrogen (secondary N) is 1. The van der Waals surface area contributed by atoms with E-state index in [9.17, 15) is 9.59 Å². The topological polar surface area (TPSA) is 88.3 Å². The summed E-state index contributed by atoms with van der Waals surface area (Å²) in [4.78, 5) is 31.1. The quantitative estimate of drug-likeness (QED) is 0.719. The number of nitrogens with zero attached hydrogens (tertiary/aromatic N) is 3. The molecule has 29 heavy (non-hydrogen) atoms. The van der Waals surface area contributed by atoms with Crippen LogP contribution in [-0.4, -0.2) is 28.5 Å². The van der Waals surface area contributed by atoms with Gasteiger partial charge in [-0.1, -0.05) is 30.3 Å². The molecule has 1 aliphatic heterocycles. The largest absolute Gasteiger partial charge is 0.334 e. The predicted molar refractivity (Wildman–Crippen MR) is 109 cm³/mol. The zero-order valence-corrected chi connectivity index (χ0v) is 16.4. The predicted octanol–water partition coefficient (Wildman–Crippen LogP) is 3.60. The molecule has 3 aromatic rings. The third-order valence-corrected chi connectivity index (χ3v) is 5.09. The molecule has 1 atom stereocenters. The minimum absolute atomic E-state index is 0.0297. The van der Waals surface area contributed by atoms with Gasteiger partial charge in [0.05, 0.1) is 5.92 Å². The van der Waals surface area contributed by atoms with Crippen molar-refractivity contribution in [1.29, 1.82) is 0 Å². The smallest absolute Gasteiger partial charge is 0.257 e. The van der Waals surface area contributed by atoms with Crippen LogP contribution in [0.3, 0.4) is 0 Å². The Kier molecular flexibility index (Phi) is 5.12. The number of carbonyl (C=O) groups excluding carboxylic acids is 2. The van der Waals surface area contributed by atoms with E-state index < -0.39 is 0 Å². The first kappa shape index (κ1) is 18.9. The van der Waals surface area contributed by atoms with Gasteiger partial charge in [0.15, 0.2) is 5.82 Å². The lowest BCUT2D eigenvalue weighted by molar-refractivity contribution is -0.122. The van der Waals surface area contributed by atoms with Crippen molar-refractivity contribution in [2.75, 3.05) is 16.8 Å². The van der Waals surface area contributed by atoms with E-state index in [2.05, 4.69) is 15.5 Å². The Hall–Kier alpha value is -3.48. The van der Waals surface area contributed by atoms with Crippen LogP contribution in [0.15, 0.2) is 53.1 Å². The number of hydrogen-bond acceptors (Lipinski definition) is 5. The van der Waals surface area contributed by atoms with Crippen LogP contribution < -0.4 is 10.2 Å². The third-order valence-electron chi connectivity index (χ3n) is 5.09. The molecule has 7 heteroatoms. The van der Waals surface area contributed by atoms with Crippen molar-refractivity contribution in [3.05, 3.63) is 59.9 Å². The van der Waals surface area contributed by atoms with Gasteiger partial charge >= 0.3 is 0 Å². The van der Waals surface area contributed by atoms with E-state index in [0.29, 0.717) is 30.4 Å². The van der Waals surface area contributed by atoms with Crippen LogP contribution in [0, 0.1) is 12.8 Å². The molecule has 1 aromatic heterocycles. The normalized spacial score (nSPS) is 16.3. The molecule has 0 unspecified atom stereocenters. The summed E-state index contributed by atoms with van der Waals surface area (Å²) in [6.45, 7) is 4.31. The summed E-state index contributed by atoms with van der Waals surface area (Å²) >= 11 is 0. The lowest BCUT2D eigenvalue weighted by Crippen LogP contribution is -2.28. The van der Waals surface area contributed by atoms with Crippen molar-refractivity contribution in [2.45, 2.75) is 26.7 Å². The molecule has 1 fully saturated rings. The number of amides is 2. The van der Waals surface area contributed by atoms with Crippen molar-refractivity contribution in [1.82, 2.24) is 10.1 Å². The number of hydrogen-bond donors (Lipinski definition) is 1. The van der Waals surface area contributed by atoms with E-state index in [1.807, 2.05) is 50.2 Å². The van der Waals surface area contributed by atoms with Gasteiger partial charge in [-0.25, -0.2) is 0 Å². The fourth-order valence-electron chi connectivity index (χ4n) is 3.44. The number of para-hydroxylation sites is 1. The van der Waals surface area contributed by atoms with Gasteiger partial charge in [0.2, 0.25) is 11.8 Å². The van der Waals surface area contributed by atoms with Crippen molar-refractivity contribution >= 4 is 23.2 Å². The zero-order chi connectivity index (χ0) is 20.4. The van der Waals surface area contributed by atoms with E-state index in [4.69, 9.17) is 4.52 Å². The molecular weight excluding hydrogens is 368 g/mol. The molecule has 2 amide bonds. The second kappa shape index (κ2) is 7.87. The number of anilines is 2. The fraction of sp³-hybridized carbons (Fsp3) is 0.273. The molecule has 0 radical (unpaired) electrons. The SMILES string of the molecule is CCc1noc(-c2ccc(NC(=O)[C@H]3CC(=O)N(c4ccccc4C)C3)cc2)n1. The van der Waals surface area contributed by atoms with Gasteiger partial charge in [0.25, 0.3) is 5.89 Å². The molecule has 2 aromatic carbocycles. The Morgan fingerprint density at radius 2 is 1.97 bits per heavy atom. The molecule has 4 rings (SSSR count). The Labute approximate surface area is 168 Å². The Bertz CT molecular complexity index is 1040. The molecular formula is C22H22N4O3. The van der Waals surface area contributed by atoms with E-state index in [1.165, 1.54) is 0 Å². The van der Waals surface area contributed by atoms with Gasteiger partial charge < -0.3 is 14.7 Å². The van der Waals surface area contributed by atoms with E-state index in [-0.39, 0.29) is 24.2 Å². The average Bonchev–Trinajstić information content (AvgIpc) is 3.36. The standard InChI is InChI=1S/C22H22N4O3/c1-3-19-24-22(29-25-19)15-8-10-17(11-9-15)23-21(28)16-12-20(27)26(13-16)18-7-5-4-6-14(18)2/h4-11,16H,3,12-13H2,1-2H3,(H,23,28)/t16-/m0/s1. The van der Waals surface area contributed by atoms with Crippen molar-refractivity contribution in [3.8, 4) is 11.5 Å². The monoisotopic (exact) mass is 390 g/mol. The Morgan fingerprint density at radius 3 is 2.66 bits per heavy atom. The minimum Gasteiger partial charge on any atom is -0.334 e. The third kappa shape index (κ3) is 3.89. The number of carbonyl (C=O) groups is 2. The van der Waals surface area contributed by atoms with E-state index in [0.717, 1.165) is 16.8 Å². The summed E-state index contributed by atoms with van der Waals surface area (Å²) in [5.41, 5.74) is 3.33. The Balaban J connectivity index is 1.42. The van der Waals surface area contributed by atoms with Crippen molar-refractivity contribution in [3.63, 3.8) is 0 Å². The number of aryl methyl sites for hydroxylation is 2. The van der Waals surface area contributed by atoms with E-state index >= 15 is 0 Å². The molecule has 0 saturated carbocycles. The number of aromatic nitrogens is 2. The highest BCUT2D eigenvalue weighted by atomic mass is 16.5. The van der Waals surface area contributed by atoms with Crippen LogP contribution in [0.1, 0.15) is 24.7 Å². The second-order valence-electron chi connectivity index (χ2n) is 7.13. The molecule has 2 heterocycles. The minimum atomic E-state index is -0.384. The first-order chi connectivity index (χ1) is 14.0. The molecule has 1 aliphatic rings. The molecule has 148 valence electrons. The van der Waals surface area contributed by atoms with Crippen molar-refractivity contribution in [2.24, 2.45) is 5.92 Å². The first-order valence-corrected chi connectivity index (χ1v) is 9.65. The molecule has 7 nitrogen and oxygen atoms in total. The fourth-order valence-corrected chi connectivity index (χ4v) is 3.44. The van der Waals surface area contributed by atoms with Crippen LogP contribution in [0.2, 0.25) is 0 Å². The zero-order valence-electron chi connectivity index (χ0n) is 16.4. The molecule has 1 saturated heterocycles. The first-order valence-electron chi connectivity index (χ1n) is 9.65. The van der Waals surface area contributed by atoms with Gasteiger partial charge in [0.1, 0.15) is 0 Å². The van der Waals surface area contributed by atoms with Gasteiger partial charge in [0, 0.05) is 36.3 Å². The highest BCUT2D eigenvalue weighted by Crippen LogP contribution is 2.28. The maximum Gasteiger partial charge on any atom is 0.257 e. The van der Waals surface area contributed by atoms with Crippen molar-refractivity contribution < 1.29 is 14.1 Å². The summed E-state index contributed by atoms with van der Waals surface area (Å²) in [5, 5.41) is 6.79. The summed E-state index contributed by atoms with van der Waals surface area (Å²) in [6, 6.07) is 14.9. The van der Waals surface area contributed by atoms with Gasteiger partial charge in [-0.3, -0.25) is 9.59 Å². The van der Waals surface area contributed by atoms with Gasteiger partial charge in [-0.15, -0.1) is 0 Å². The maximum absolute atomic E-state index is 12.7. The lowest BCUT2D eigenvalue weighted by atomic mass is 10.1. The highest BCUT2D eigenvalue weighted by molar-refractivity contribution is 6.03. The van der Waals surface area contributed by atoms with E-state index in [1.54, 1.807) is 17.0 Å². The van der Waals surface area contributed by atoms with Crippen LogP contribution in [-0.2, 0) is 16.0 Å². The van der Waals surface area contributed by atoms with Gasteiger partial charge in [-0.2, -0.15) is 4.98 Å². The lowest BCUT2D eigenvalue weighted by Gasteiger charge is -2.19. The summed E-state index contributed by atoms with van der Waals surface area (Å²) < 4.78 is 5.23. The summed E-state index contributed by atoms with van der Waals surface area (Å²) in [7, 11) is 0. The van der Waals surface area contributed by atoms with Crippen LogP contribution in [0.25, 0.3) is 11.5 Å². The highest BCUT2D eigenvalue weighted by Gasteiger charge is 2.35. The summed E-state index contributed by atoms with van der Waals surface area (Å²) in [5.74, 6) is 0.535. The summed E-state index contributed by atoms with van der Waals surface area (Å²) in [6.07, 6.45) is 0.914. The number of rotatable bonds is 5. The maximum atomic E-state index is 12.7. The van der Waals surface area contributed by atoms with Crippen LogP contribution in [0.5, 0.6) is 0 Å². The van der Waals surface area contributed by atoms with Crippen LogP contribution in [0.4, 0.5) is 11.4 Å². The molecule has 0 spiro atoms. The van der Waals surface area contributed by atoms with Crippen LogP contribution >= 0.6 is 0 Å². The number of benzene rings is 2. The molecule has 0 aliphatic carbocycles. The Morgan fingerprint density at radius 1 is 1.21 bits per heavy atom. The average molecular weight is 390 g/mol.